The first-order chi connectivity index (χ1) is 4.19. The summed E-state index contributed by atoms with van der Waals surface area (Å²) in [7, 11) is 0. The highest BCUT2D eigenvalue weighted by Gasteiger charge is 2.52. The molecule has 0 rings (SSSR count). The lowest BCUT2D eigenvalue weighted by atomic mass is 10.0. The highest BCUT2D eigenvalue weighted by molar-refractivity contribution is 4.82. The molecule has 62 valence electrons. The lowest BCUT2D eigenvalue weighted by Crippen LogP contribution is -2.57. The van der Waals surface area contributed by atoms with Crippen molar-refractivity contribution < 1.29 is 18.3 Å². The van der Waals surface area contributed by atoms with Crippen LogP contribution in [0.15, 0.2) is 0 Å². The molecule has 0 spiro atoms. The van der Waals surface area contributed by atoms with E-state index in [2.05, 4.69) is 5.73 Å². The Morgan fingerprint density at radius 2 is 1.60 bits per heavy atom. The quantitative estimate of drug-likeness (QED) is 0.554. The van der Waals surface area contributed by atoms with Crippen LogP contribution in [0.2, 0.25) is 0 Å². The zero-order chi connectivity index (χ0) is 8.58. The van der Waals surface area contributed by atoms with Gasteiger partial charge in [-0.3, -0.25) is 5.73 Å². The van der Waals surface area contributed by atoms with Gasteiger partial charge in [0.15, 0.2) is 0 Å². The van der Waals surface area contributed by atoms with E-state index >= 15 is 0 Å². The van der Waals surface area contributed by atoms with Crippen molar-refractivity contribution in [3.8, 4) is 0 Å². The molecule has 0 aliphatic rings. The molecular formula is C5H10F3NO. The molecule has 0 bridgehead atoms. The molecule has 3 N–H and O–H groups in total. The molecule has 0 saturated carbocycles. The number of nitrogens with two attached hydrogens (primary N) is 1. The first-order valence-corrected chi connectivity index (χ1v) is 2.77. The Labute approximate surface area is 56.8 Å². The lowest BCUT2D eigenvalue weighted by molar-refractivity contribution is -0.273. The smallest absolute Gasteiger partial charge is 0.368 e. The van der Waals surface area contributed by atoms with Crippen LogP contribution < -0.4 is 5.73 Å². The summed E-state index contributed by atoms with van der Waals surface area (Å²) in [6, 6.07) is 0. The van der Waals surface area contributed by atoms with E-state index in [0.717, 1.165) is 0 Å². The van der Waals surface area contributed by atoms with Gasteiger partial charge in [-0.1, -0.05) is 13.8 Å². The van der Waals surface area contributed by atoms with Crippen LogP contribution >= 0.6 is 0 Å². The Morgan fingerprint density at radius 3 is 1.60 bits per heavy atom. The van der Waals surface area contributed by atoms with E-state index in [1.54, 1.807) is 0 Å². The molecule has 0 aromatic rings. The average Bonchev–Trinajstić information content (AvgIpc) is 1.62. The largest absolute Gasteiger partial charge is 0.431 e. The van der Waals surface area contributed by atoms with Crippen LogP contribution in [-0.2, 0) is 0 Å². The Balaban J connectivity index is 4.40. The molecule has 0 amide bonds. The normalized spacial score (nSPS) is 19.2. The summed E-state index contributed by atoms with van der Waals surface area (Å²) in [6.45, 7) is 2.40. The molecule has 1 atom stereocenters. The summed E-state index contributed by atoms with van der Waals surface area (Å²) in [6.07, 6.45) is -4.75. The van der Waals surface area contributed by atoms with Gasteiger partial charge in [0.25, 0.3) is 0 Å². The Kier molecular flexibility index (Phi) is 2.32. The van der Waals surface area contributed by atoms with Crippen LogP contribution in [0.1, 0.15) is 13.8 Å². The van der Waals surface area contributed by atoms with Crippen LogP contribution in [0.4, 0.5) is 13.2 Å². The molecule has 2 nitrogen and oxygen atoms in total. The molecule has 0 aromatic carbocycles. The fourth-order valence-corrected chi connectivity index (χ4v) is 0.327. The van der Waals surface area contributed by atoms with Gasteiger partial charge in [0.2, 0.25) is 5.72 Å². The monoisotopic (exact) mass is 157 g/mol. The average molecular weight is 157 g/mol. The number of halogens is 3. The molecule has 0 aromatic heterocycles. The molecule has 10 heavy (non-hydrogen) atoms. The standard InChI is InChI=1S/C5H10F3NO/c1-3(2)4(9,10)5(6,7)8/h3,10H,9H2,1-2H3. The first-order valence-electron chi connectivity index (χ1n) is 2.77. The molecule has 0 aliphatic heterocycles. The highest BCUT2D eigenvalue weighted by atomic mass is 19.4. The van der Waals surface area contributed by atoms with Gasteiger partial charge in [0.1, 0.15) is 0 Å². The summed E-state index contributed by atoms with van der Waals surface area (Å²) in [4.78, 5) is 0. The predicted octanol–water partition coefficient (Wildman–Crippen LogP) is 0.852. The Morgan fingerprint density at radius 1 is 1.30 bits per heavy atom. The number of aliphatic hydroxyl groups is 1. The molecule has 0 radical (unpaired) electrons. The minimum Gasteiger partial charge on any atom is -0.368 e. The van der Waals surface area contributed by atoms with E-state index in [1.165, 1.54) is 13.8 Å². The third kappa shape index (κ3) is 1.60. The number of rotatable bonds is 1. The topological polar surface area (TPSA) is 46.2 Å². The van der Waals surface area contributed by atoms with E-state index in [4.69, 9.17) is 5.11 Å². The highest BCUT2D eigenvalue weighted by Crippen LogP contribution is 2.31. The second kappa shape index (κ2) is 2.39. The van der Waals surface area contributed by atoms with Crippen molar-refractivity contribution >= 4 is 0 Å². The van der Waals surface area contributed by atoms with Crippen molar-refractivity contribution in [2.24, 2.45) is 11.7 Å². The predicted molar refractivity (Wildman–Crippen MR) is 30.0 cm³/mol. The van der Waals surface area contributed by atoms with Crippen molar-refractivity contribution in [2.45, 2.75) is 25.7 Å². The minimum atomic E-state index is -4.75. The van der Waals surface area contributed by atoms with Gasteiger partial charge in [-0.25, -0.2) is 0 Å². The van der Waals surface area contributed by atoms with E-state index < -0.39 is 17.8 Å². The summed E-state index contributed by atoms with van der Waals surface area (Å²) in [5, 5.41) is 8.58. The maximum atomic E-state index is 11.7. The molecule has 5 heteroatoms. The molecule has 0 aliphatic carbocycles. The second-order valence-corrected chi connectivity index (χ2v) is 2.48. The number of hydrogen-bond donors (Lipinski definition) is 2. The third-order valence-corrected chi connectivity index (χ3v) is 1.33. The number of hydrogen-bond acceptors (Lipinski definition) is 2. The molecule has 0 saturated heterocycles. The van der Waals surface area contributed by atoms with Crippen molar-refractivity contribution in [3.63, 3.8) is 0 Å². The van der Waals surface area contributed by atoms with Crippen LogP contribution in [0, 0.1) is 5.92 Å². The summed E-state index contributed by atoms with van der Waals surface area (Å²) >= 11 is 0. The van der Waals surface area contributed by atoms with Crippen LogP contribution in [0.3, 0.4) is 0 Å². The molecular weight excluding hydrogens is 147 g/mol. The second-order valence-electron chi connectivity index (χ2n) is 2.48. The van der Waals surface area contributed by atoms with E-state index in [-0.39, 0.29) is 0 Å². The van der Waals surface area contributed by atoms with Gasteiger partial charge in [0, 0.05) is 5.92 Å². The minimum absolute atomic E-state index is 1.03. The summed E-state index contributed by atoms with van der Waals surface area (Å²) in [5.41, 5.74) is 1.50. The zero-order valence-electron chi connectivity index (χ0n) is 5.74. The van der Waals surface area contributed by atoms with Crippen molar-refractivity contribution in [1.29, 1.82) is 0 Å². The first kappa shape index (κ1) is 9.71. The fraction of sp³-hybridized carbons (Fsp3) is 1.00. The van der Waals surface area contributed by atoms with E-state index in [0.29, 0.717) is 0 Å². The fourth-order valence-electron chi connectivity index (χ4n) is 0.327. The van der Waals surface area contributed by atoms with Gasteiger partial charge in [0.05, 0.1) is 0 Å². The van der Waals surface area contributed by atoms with Gasteiger partial charge >= 0.3 is 6.18 Å². The van der Waals surface area contributed by atoms with Crippen molar-refractivity contribution in [2.75, 3.05) is 0 Å². The van der Waals surface area contributed by atoms with Crippen LogP contribution in [0.25, 0.3) is 0 Å². The van der Waals surface area contributed by atoms with Crippen LogP contribution in [0.5, 0.6) is 0 Å². The van der Waals surface area contributed by atoms with Crippen LogP contribution in [-0.4, -0.2) is 17.0 Å². The summed E-state index contributed by atoms with van der Waals surface area (Å²) in [5.74, 6) is -1.03. The van der Waals surface area contributed by atoms with Gasteiger partial charge in [-0.05, 0) is 0 Å². The number of alkyl halides is 3. The molecule has 0 heterocycles. The maximum Gasteiger partial charge on any atom is 0.431 e. The Bertz CT molecular complexity index is 119. The summed E-state index contributed by atoms with van der Waals surface area (Å²) < 4.78 is 35.1. The zero-order valence-corrected chi connectivity index (χ0v) is 5.74. The third-order valence-electron chi connectivity index (χ3n) is 1.33. The van der Waals surface area contributed by atoms with Crippen molar-refractivity contribution in [1.82, 2.24) is 0 Å². The molecule has 0 fully saturated rings. The Hall–Kier alpha value is -0.290. The van der Waals surface area contributed by atoms with E-state index in [9.17, 15) is 13.2 Å². The van der Waals surface area contributed by atoms with Gasteiger partial charge < -0.3 is 5.11 Å². The lowest BCUT2D eigenvalue weighted by Gasteiger charge is -2.29. The van der Waals surface area contributed by atoms with Crippen molar-refractivity contribution in [3.05, 3.63) is 0 Å². The van der Waals surface area contributed by atoms with E-state index in [1.807, 2.05) is 0 Å². The SMILES string of the molecule is CC(C)C(N)(O)C(F)(F)F. The molecule has 1 unspecified atom stereocenters. The maximum absolute atomic E-state index is 11.7. The van der Waals surface area contributed by atoms with Gasteiger partial charge in [-0.2, -0.15) is 13.2 Å². The van der Waals surface area contributed by atoms with Gasteiger partial charge in [-0.15, -0.1) is 0 Å².